The van der Waals surface area contributed by atoms with E-state index in [1.54, 1.807) is 12.1 Å². The third kappa shape index (κ3) is 2.30. The van der Waals surface area contributed by atoms with E-state index in [9.17, 15) is 4.39 Å². The molecule has 0 atom stereocenters. The van der Waals surface area contributed by atoms with Crippen LogP contribution in [0.15, 0.2) is 24.3 Å². The number of halogens is 1. The summed E-state index contributed by atoms with van der Waals surface area (Å²) in [7, 11) is 0. The fraction of sp³-hybridized carbons (Fsp3) is 0.364. The molecule has 1 aromatic carbocycles. The highest BCUT2D eigenvalue weighted by atomic mass is 19.1. The maximum Gasteiger partial charge on any atom is 0.128 e. The molecule has 75 valence electrons. The van der Waals surface area contributed by atoms with Crippen molar-refractivity contribution in [2.75, 3.05) is 26.2 Å². The van der Waals surface area contributed by atoms with Crippen LogP contribution in [-0.2, 0) is 0 Å². The molecule has 1 radical (unpaired) electrons. The Bertz CT molecular complexity index is 295. The van der Waals surface area contributed by atoms with Crippen LogP contribution in [0.25, 0.3) is 0 Å². The van der Waals surface area contributed by atoms with E-state index >= 15 is 0 Å². The van der Waals surface area contributed by atoms with E-state index in [0.717, 1.165) is 26.2 Å². The second-order valence-electron chi connectivity index (χ2n) is 3.44. The van der Waals surface area contributed by atoms with Crippen molar-refractivity contribution in [3.05, 3.63) is 42.2 Å². The average Bonchev–Trinajstić information content (AvgIpc) is 2.23. The lowest BCUT2D eigenvalue weighted by atomic mass is 10.2. The Morgan fingerprint density at radius 1 is 1.21 bits per heavy atom. The molecule has 1 aromatic rings. The summed E-state index contributed by atoms with van der Waals surface area (Å²) < 4.78 is 13.3. The van der Waals surface area contributed by atoms with Gasteiger partial charge in [0.15, 0.2) is 0 Å². The van der Waals surface area contributed by atoms with Gasteiger partial charge >= 0.3 is 0 Å². The molecule has 14 heavy (non-hydrogen) atoms. The van der Waals surface area contributed by atoms with Crippen LogP contribution in [0.4, 0.5) is 4.39 Å². The summed E-state index contributed by atoms with van der Waals surface area (Å²) in [5, 5.41) is 3.26. The number of nitrogens with one attached hydrogen (secondary N) is 1. The standard InChI is InChI=1S/C11H14FN2/c12-11-4-2-1-3-10(11)9-14-7-5-13-6-8-14/h1-4,9,13H,5-8H2. The molecule has 0 amide bonds. The maximum atomic E-state index is 13.3. The van der Waals surface area contributed by atoms with Crippen molar-refractivity contribution in [2.45, 2.75) is 0 Å². The second kappa shape index (κ2) is 4.53. The van der Waals surface area contributed by atoms with Crippen LogP contribution in [-0.4, -0.2) is 31.1 Å². The van der Waals surface area contributed by atoms with Crippen LogP contribution in [0.1, 0.15) is 5.56 Å². The minimum absolute atomic E-state index is 0.147. The molecule has 1 heterocycles. The summed E-state index contributed by atoms with van der Waals surface area (Å²) >= 11 is 0. The molecule has 2 nitrogen and oxygen atoms in total. The van der Waals surface area contributed by atoms with E-state index in [1.807, 2.05) is 12.6 Å². The van der Waals surface area contributed by atoms with Crippen LogP contribution in [0.2, 0.25) is 0 Å². The minimum atomic E-state index is -0.147. The first-order chi connectivity index (χ1) is 6.86. The fourth-order valence-electron chi connectivity index (χ4n) is 1.59. The molecule has 1 saturated heterocycles. The third-order valence-corrected chi connectivity index (χ3v) is 2.38. The lowest BCUT2D eigenvalue weighted by molar-refractivity contribution is 0.297. The predicted molar refractivity (Wildman–Crippen MR) is 54.2 cm³/mol. The van der Waals surface area contributed by atoms with E-state index in [0.29, 0.717) is 5.56 Å². The molecule has 2 rings (SSSR count). The number of benzene rings is 1. The first-order valence-corrected chi connectivity index (χ1v) is 4.90. The van der Waals surface area contributed by atoms with E-state index in [-0.39, 0.29) is 5.82 Å². The SMILES string of the molecule is Fc1ccccc1[CH]N1CCNCC1. The predicted octanol–water partition coefficient (Wildman–Crippen LogP) is 1.24. The van der Waals surface area contributed by atoms with Crippen LogP contribution < -0.4 is 5.32 Å². The smallest absolute Gasteiger partial charge is 0.128 e. The Kier molecular flexibility index (Phi) is 3.11. The molecule has 1 aliphatic rings. The Morgan fingerprint density at radius 3 is 2.64 bits per heavy atom. The van der Waals surface area contributed by atoms with E-state index in [4.69, 9.17) is 0 Å². The largest absolute Gasteiger partial charge is 0.314 e. The minimum Gasteiger partial charge on any atom is -0.314 e. The zero-order chi connectivity index (χ0) is 9.80. The van der Waals surface area contributed by atoms with Gasteiger partial charge in [-0.1, -0.05) is 18.2 Å². The normalized spacial score (nSPS) is 18.4. The fourth-order valence-corrected chi connectivity index (χ4v) is 1.59. The van der Waals surface area contributed by atoms with Gasteiger partial charge in [-0.3, -0.25) is 4.90 Å². The molecule has 0 bridgehead atoms. The van der Waals surface area contributed by atoms with Crippen molar-refractivity contribution in [1.82, 2.24) is 10.2 Å². The Balaban J connectivity index is 1.99. The van der Waals surface area contributed by atoms with Gasteiger partial charge in [0.2, 0.25) is 0 Å². The van der Waals surface area contributed by atoms with Crippen LogP contribution in [0.5, 0.6) is 0 Å². The van der Waals surface area contributed by atoms with E-state index < -0.39 is 0 Å². The van der Waals surface area contributed by atoms with Gasteiger partial charge < -0.3 is 5.32 Å². The van der Waals surface area contributed by atoms with Crippen LogP contribution in [0, 0.1) is 12.4 Å². The quantitative estimate of drug-likeness (QED) is 0.760. The molecule has 0 aliphatic carbocycles. The molecule has 0 saturated carbocycles. The van der Waals surface area contributed by atoms with Gasteiger partial charge in [0, 0.05) is 31.7 Å². The highest BCUT2D eigenvalue weighted by molar-refractivity contribution is 5.24. The van der Waals surface area contributed by atoms with E-state index in [1.165, 1.54) is 6.07 Å². The first-order valence-electron chi connectivity index (χ1n) is 4.90. The monoisotopic (exact) mass is 193 g/mol. The summed E-state index contributed by atoms with van der Waals surface area (Å²) in [6.45, 7) is 5.76. The van der Waals surface area contributed by atoms with Gasteiger partial charge in [-0.2, -0.15) is 0 Å². The molecule has 1 fully saturated rings. The van der Waals surface area contributed by atoms with Crippen molar-refractivity contribution in [3.8, 4) is 0 Å². The van der Waals surface area contributed by atoms with Crippen molar-refractivity contribution >= 4 is 0 Å². The van der Waals surface area contributed by atoms with E-state index in [2.05, 4.69) is 10.2 Å². The number of hydrogen-bond donors (Lipinski definition) is 1. The Morgan fingerprint density at radius 2 is 1.93 bits per heavy atom. The molecule has 3 heteroatoms. The summed E-state index contributed by atoms with van der Waals surface area (Å²) in [6.07, 6.45) is 0. The number of nitrogens with zero attached hydrogens (tertiary/aromatic N) is 1. The first kappa shape index (κ1) is 9.62. The maximum absolute atomic E-state index is 13.3. The average molecular weight is 193 g/mol. The zero-order valence-corrected chi connectivity index (χ0v) is 8.04. The summed E-state index contributed by atoms with van der Waals surface area (Å²) in [6, 6.07) is 6.87. The Hall–Kier alpha value is -0.930. The highest BCUT2D eigenvalue weighted by Crippen LogP contribution is 2.11. The lowest BCUT2D eigenvalue weighted by Gasteiger charge is -2.26. The van der Waals surface area contributed by atoms with Gasteiger partial charge in [-0.15, -0.1) is 0 Å². The molecule has 0 unspecified atom stereocenters. The molecule has 0 aromatic heterocycles. The van der Waals surface area contributed by atoms with Gasteiger partial charge in [-0.05, 0) is 6.07 Å². The summed E-state index contributed by atoms with van der Waals surface area (Å²) in [5.41, 5.74) is 0.675. The van der Waals surface area contributed by atoms with Crippen LogP contribution in [0.3, 0.4) is 0 Å². The van der Waals surface area contributed by atoms with Gasteiger partial charge in [0.05, 0.1) is 6.54 Å². The number of rotatable bonds is 2. The van der Waals surface area contributed by atoms with Crippen molar-refractivity contribution in [2.24, 2.45) is 0 Å². The zero-order valence-electron chi connectivity index (χ0n) is 8.04. The number of piperazine rings is 1. The van der Waals surface area contributed by atoms with Crippen molar-refractivity contribution in [3.63, 3.8) is 0 Å². The summed E-state index contributed by atoms with van der Waals surface area (Å²) in [5.74, 6) is -0.147. The van der Waals surface area contributed by atoms with Gasteiger partial charge in [0.25, 0.3) is 0 Å². The molecule has 0 spiro atoms. The van der Waals surface area contributed by atoms with Crippen LogP contribution >= 0.6 is 0 Å². The molecule has 1 N–H and O–H groups in total. The second-order valence-corrected chi connectivity index (χ2v) is 3.44. The van der Waals surface area contributed by atoms with Gasteiger partial charge in [0.1, 0.15) is 5.82 Å². The Labute approximate surface area is 83.7 Å². The third-order valence-electron chi connectivity index (χ3n) is 2.38. The summed E-state index contributed by atoms with van der Waals surface area (Å²) in [4.78, 5) is 2.15. The molecular weight excluding hydrogens is 179 g/mol. The molecular formula is C11H14FN2. The lowest BCUT2D eigenvalue weighted by Crippen LogP contribution is -2.42. The van der Waals surface area contributed by atoms with Gasteiger partial charge in [-0.25, -0.2) is 4.39 Å². The highest BCUT2D eigenvalue weighted by Gasteiger charge is 2.11. The van der Waals surface area contributed by atoms with Crippen molar-refractivity contribution < 1.29 is 4.39 Å². The van der Waals surface area contributed by atoms with Crippen molar-refractivity contribution in [1.29, 1.82) is 0 Å². The molecule has 1 aliphatic heterocycles. The topological polar surface area (TPSA) is 15.3 Å². The number of hydrogen-bond acceptors (Lipinski definition) is 2.